The fraction of sp³-hybridized carbons (Fsp3) is 0.222. The average Bonchev–Trinajstić information content (AvgIpc) is 2.24. The fourth-order valence-corrected chi connectivity index (χ4v) is 1.15. The van der Waals surface area contributed by atoms with Crippen LogP contribution in [0.1, 0.15) is 0 Å². The van der Waals surface area contributed by atoms with Crippen molar-refractivity contribution in [3.05, 3.63) is 34.4 Å². The zero-order valence-corrected chi connectivity index (χ0v) is 8.34. The van der Waals surface area contributed by atoms with Crippen LogP contribution in [-0.2, 0) is 0 Å². The fourth-order valence-electron chi connectivity index (χ4n) is 1.15. The number of hydrogen-bond acceptors (Lipinski definition) is 4. The Bertz CT molecular complexity index is 394. The molecule has 1 aromatic carbocycles. The molecule has 0 aliphatic heterocycles. The van der Waals surface area contributed by atoms with Crippen LogP contribution < -0.4 is 10.6 Å². The third kappa shape index (κ3) is 3.45. The van der Waals surface area contributed by atoms with E-state index in [1.165, 1.54) is 6.07 Å². The molecule has 1 amide bonds. The maximum absolute atomic E-state index is 10.6. The first-order valence-corrected chi connectivity index (χ1v) is 4.55. The lowest BCUT2D eigenvalue weighted by Gasteiger charge is -2.06. The van der Waals surface area contributed by atoms with E-state index in [4.69, 9.17) is 5.11 Å². The predicted octanol–water partition coefficient (Wildman–Crippen LogP) is 1.27. The number of carboxylic acid groups (broad SMARTS) is 1. The van der Waals surface area contributed by atoms with E-state index in [0.29, 0.717) is 5.69 Å². The highest BCUT2D eigenvalue weighted by atomic mass is 16.6. The van der Waals surface area contributed by atoms with Crippen molar-refractivity contribution in [1.29, 1.82) is 0 Å². The number of para-hydroxylation sites is 2. The van der Waals surface area contributed by atoms with Gasteiger partial charge in [0.2, 0.25) is 0 Å². The summed E-state index contributed by atoms with van der Waals surface area (Å²) in [6.07, 6.45) is -1.12. The molecule has 0 bridgehead atoms. The summed E-state index contributed by atoms with van der Waals surface area (Å²) >= 11 is 0. The summed E-state index contributed by atoms with van der Waals surface area (Å²) in [6, 6.07) is 6.19. The quantitative estimate of drug-likeness (QED) is 0.397. The topological polar surface area (TPSA) is 104 Å². The normalized spacial score (nSPS) is 9.50. The molecule has 0 saturated carbocycles. The van der Waals surface area contributed by atoms with Crippen molar-refractivity contribution in [2.45, 2.75) is 0 Å². The predicted molar refractivity (Wildman–Crippen MR) is 57.6 cm³/mol. The van der Waals surface area contributed by atoms with Gasteiger partial charge in [-0.1, -0.05) is 12.1 Å². The van der Waals surface area contributed by atoms with Gasteiger partial charge in [0.1, 0.15) is 5.69 Å². The second-order valence-corrected chi connectivity index (χ2v) is 2.93. The first-order valence-electron chi connectivity index (χ1n) is 4.55. The molecule has 1 aromatic rings. The molecular formula is C9H11N3O4. The van der Waals surface area contributed by atoms with Gasteiger partial charge in [-0.15, -0.1) is 0 Å². The maximum Gasteiger partial charge on any atom is 0.404 e. The molecule has 0 heterocycles. The Labute approximate surface area is 91.2 Å². The third-order valence-corrected chi connectivity index (χ3v) is 1.82. The van der Waals surface area contributed by atoms with Crippen LogP contribution in [0.25, 0.3) is 0 Å². The van der Waals surface area contributed by atoms with Crippen LogP contribution in [0.15, 0.2) is 24.3 Å². The van der Waals surface area contributed by atoms with Crippen LogP contribution >= 0.6 is 0 Å². The van der Waals surface area contributed by atoms with Crippen LogP contribution in [0.3, 0.4) is 0 Å². The Balaban J connectivity index is 2.53. The number of nitrogens with zero attached hydrogens (tertiary/aromatic N) is 1. The van der Waals surface area contributed by atoms with Crippen molar-refractivity contribution >= 4 is 17.5 Å². The molecule has 0 unspecified atom stereocenters. The number of nitrogens with one attached hydrogen (secondary N) is 2. The Morgan fingerprint density at radius 3 is 2.69 bits per heavy atom. The lowest BCUT2D eigenvalue weighted by molar-refractivity contribution is -0.384. The minimum absolute atomic E-state index is 0.0298. The van der Waals surface area contributed by atoms with Crippen LogP contribution in [0, 0.1) is 10.1 Å². The standard InChI is InChI=1S/C9H11N3O4/c13-9(14)11-6-5-10-7-3-1-2-4-8(7)12(15)16/h1-4,10-11H,5-6H2,(H,13,14). The summed E-state index contributed by atoms with van der Waals surface area (Å²) < 4.78 is 0. The molecule has 0 saturated heterocycles. The van der Waals surface area contributed by atoms with Gasteiger partial charge in [0.15, 0.2) is 0 Å². The second-order valence-electron chi connectivity index (χ2n) is 2.93. The van der Waals surface area contributed by atoms with E-state index >= 15 is 0 Å². The van der Waals surface area contributed by atoms with Crippen LogP contribution in [0.5, 0.6) is 0 Å². The summed E-state index contributed by atoms with van der Waals surface area (Å²) in [5, 5.41) is 23.9. The highest BCUT2D eigenvalue weighted by molar-refractivity contribution is 5.64. The van der Waals surface area contributed by atoms with Crippen molar-refractivity contribution in [3.8, 4) is 0 Å². The van der Waals surface area contributed by atoms with E-state index < -0.39 is 11.0 Å². The molecule has 7 heteroatoms. The number of benzene rings is 1. The number of rotatable bonds is 5. The van der Waals surface area contributed by atoms with E-state index in [1.54, 1.807) is 18.2 Å². The second kappa shape index (κ2) is 5.54. The highest BCUT2D eigenvalue weighted by Gasteiger charge is 2.10. The van der Waals surface area contributed by atoms with Gasteiger partial charge in [0.25, 0.3) is 5.69 Å². The van der Waals surface area contributed by atoms with Gasteiger partial charge in [-0.05, 0) is 6.07 Å². The van der Waals surface area contributed by atoms with Crippen molar-refractivity contribution in [1.82, 2.24) is 5.32 Å². The van der Waals surface area contributed by atoms with Crippen LogP contribution in [0.2, 0.25) is 0 Å². The molecule has 3 N–H and O–H groups in total. The molecular weight excluding hydrogens is 214 g/mol. The zero-order valence-electron chi connectivity index (χ0n) is 8.34. The van der Waals surface area contributed by atoms with Crippen LogP contribution in [0.4, 0.5) is 16.2 Å². The Kier molecular flexibility index (Phi) is 4.07. The summed E-state index contributed by atoms with van der Waals surface area (Å²) in [6.45, 7) is 0.471. The number of carbonyl (C=O) groups is 1. The minimum atomic E-state index is -1.12. The SMILES string of the molecule is O=C(O)NCCNc1ccccc1[N+](=O)[O-]. The lowest BCUT2D eigenvalue weighted by Crippen LogP contribution is -2.27. The third-order valence-electron chi connectivity index (χ3n) is 1.82. The van der Waals surface area contributed by atoms with Gasteiger partial charge in [0, 0.05) is 19.2 Å². The van der Waals surface area contributed by atoms with Gasteiger partial charge < -0.3 is 15.7 Å². The molecule has 1 rings (SSSR count). The van der Waals surface area contributed by atoms with Crippen molar-refractivity contribution in [2.75, 3.05) is 18.4 Å². The Hall–Kier alpha value is -2.31. The molecule has 7 nitrogen and oxygen atoms in total. The number of hydrogen-bond donors (Lipinski definition) is 3. The Morgan fingerprint density at radius 1 is 1.38 bits per heavy atom. The van der Waals surface area contributed by atoms with Gasteiger partial charge in [0.05, 0.1) is 4.92 Å². The number of anilines is 1. The summed E-state index contributed by atoms with van der Waals surface area (Å²) in [7, 11) is 0. The lowest BCUT2D eigenvalue weighted by atomic mass is 10.2. The molecule has 86 valence electrons. The maximum atomic E-state index is 10.6. The smallest absolute Gasteiger partial charge is 0.404 e. The zero-order chi connectivity index (χ0) is 12.0. The van der Waals surface area contributed by atoms with Gasteiger partial charge in [-0.25, -0.2) is 4.79 Å². The first-order chi connectivity index (χ1) is 7.61. The van der Waals surface area contributed by atoms with E-state index in [-0.39, 0.29) is 18.8 Å². The molecule has 0 atom stereocenters. The number of nitro benzene ring substituents is 1. The van der Waals surface area contributed by atoms with Crippen molar-refractivity contribution in [3.63, 3.8) is 0 Å². The van der Waals surface area contributed by atoms with Gasteiger partial charge in [-0.2, -0.15) is 0 Å². The molecule has 0 aliphatic rings. The molecule has 0 aromatic heterocycles. The van der Waals surface area contributed by atoms with E-state index in [9.17, 15) is 14.9 Å². The largest absolute Gasteiger partial charge is 0.465 e. The van der Waals surface area contributed by atoms with Gasteiger partial charge >= 0.3 is 6.09 Å². The summed E-state index contributed by atoms with van der Waals surface area (Å²) in [5.41, 5.74) is 0.345. The van der Waals surface area contributed by atoms with Crippen molar-refractivity contribution < 1.29 is 14.8 Å². The first kappa shape index (κ1) is 11.8. The van der Waals surface area contributed by atoms with Crippen molar-refractivity contribution in [2.24, 2.45) is 0 Å². The molecule has 0 aliphatic carbocycles. The molecule has 16 heavy (non-hydrogen) atoms. The van der Waals surface area contributed by atoms with E-state index in [2.05, 4.69) is 10.6 Å². The molecule has 0 fully saturated rings. The summed E-state index contributed by atoms with van der Waals surface area (Å²) in [4.78, 5) is 20.3. The minimum Gasteiger partial charge on any atom is -0.465 e. The van der Waals surface area contributed by atoms with Crippen LogP contribution in [-0.4, -0.2) is 29.2 Å². The van der Waals surface area contributed by atoms with Gasteiger partial charge in [-0.3, -0.25) is 10.1 Å². The Morgan fingerprint density at radius 2 is 2.06 bits per heavy atom. The number of nitro groups is 1. The monoisotopic (exact) mass is 225 g/mol. The summed E-state index contributed by atoms with van der Waals surface area (Å²) in [5.74, 6) is 0. The van der Waals surface area contributed by atoms with E-state index in [1.807, 2.05) is 0 Å². The average molecular weight is 225 g/mol. The molecule has 0 spiro atoms. The highest BCUT2D eigenvalue weighted by Crippen LogP contribution is 2.22. The molecule has 0 radical (unpaired) electrons. The van der Waals surface area contributed by atoms with E-state index in [0.717, 1.165) is 0 Å². The number of amides is 1.